The van der Waals surface area contributed by atoms with Gasteiger partial charge in [-0.05, 0) is 42.7 Å². The van der Waals surface area contributed by atoms with E-state index in [9.17, 15) is 9.90 Å². The second-order valence-corrected chi connectivity index (χ2v) is 16.0. The number of carbonyl (C=O) groups is 1. The van der Waals surface area contributed by atoms with Gasteiger partial charge in [0.25, 0.3) is 0 Å². The van der Waals surface area contributed by atoms with Crippen molar-refractivity contribution in [2.45, 2.75) is 69.2 Å². The maximum Gasteiger partial charge on any atom is 0.320 e. The van der Waals surface area contributed by atoms with Gasteiger partial charge in [0, 0.05) is 35.0 Å². The van der Waals surface area contributed by atoms with Crippen LogP contribution in [0.4, 0.5) is 0 Å². The van der Waals surface area contributed by atoms with E-state index in [0.717, 1.165) is 28.7 Å². The second kappa shape index (κ2) is 7.69. The quantitative estimate of drug-likeness (QED) is 0.475. The summed E-state index contributed by atoms with van der Waals surface area (Å²) in [6.07, 6.45) is 0.672. The van der Waals surface area contributed by atoms with Crippen molar-refractivity contribution in [3.8, 4) is 0 Å². The summed E-state index contributed by atoms with van der Waals surface area (Å²) in [5.74, 6) is -0.789. The number of aromatic amines is 1. The van der Waals surface area contributed by atoms with Crippen molar-refractivity contribution < 1.29 is 19.1 Å². The number of methoxy groups -OCH3 is 1. The lowest BCUT2D eigenvalue weighted by Gasteiger charge is -2.56. The predicted molar refractivity (Wildman–Crippen MR) is 129 cm³/mol. The Kier molecular flexibility index (Phi) is 5.64. The molecule has 7 heteroatoms. The molecule has 6 nitrogen and oxygen atoms in total. The second-order valence-electron chi connectivity index (χ2n) is 11.2. The molecule has 2 aromatic rings. The number of ether oxygens (including phenoxy) is 1. The smallest absolute Gasteiger partial charge is 0.320 e. The van der Waals surface area contributed by atoms with Gasteiger partial charge in [0.15, 0.2) is 8.32 Å². The Morgan fingerprint density at radius 3 is 2.62 bits per heavy atom. The number of β-amino-alcohol motifs (C(OH)–C–C–N with tert-alkyl or cyclic N) is 1. The predicted octanol–water partition coefficient (Wildman–Crippen LogP) is 4.06. The number of fused-ring (bicyclic) bond motifs is 4. The first-order chi connectivity index (χ1) is 14.9. The molecule has 1 aromatic heterocycles. The van der Waals surface area contributed by atoms with E-state index >= 15 is 0 Å². The number of rotatable bonds is 4. The average Bonchev–Trinajstić information content (AvgIpc) is 3.13. The highest BCUT2D eigenvalue weighted by Crippen LogP contribution is 2.56. The number of esters is 1. The van der Waals surface area contributed by atoms with Crippen molar-refractivity contribution in [3.63, 3.8) is 0 Å². The molecular weight excluding hydrogens is 420 g/mol. The maximum atomic E-state index is 13.8. The molecule has 4 atom stereocenters. The van der Waals surface area contributed by atoms with Crippen LogP contribution in [0.3, 0.4) is 0 Å². The van der Waals surface area contributed by atoms with Gasteiger partial charge in [-0.2, -0.15) is 0 Å². The van der Waals surface area contributed by atoms with Crippen LogP contribution in [-0.2, 0) is 19.4 Å². The number of para-hydroxylation sites is 1. The Bertz CT molecular complexity index is 1030. The van der Waals surface area contributed by atoms with E-state index in [2.05, 4.69) is 57.2 Å². The lowest BCUT2D eigenvalue weighted by atomic mass is 9.53. The Morgan fingerprint density at radius 2 is 1.97 bits per heavy atom. The monoisotopic (exact) mass is 458 g/mol. The molecule has 1 aromatic carbocycles. The number of benzene rings is 1. The van der Waals surface area contributed by atoms with Crippen LogP contribution in [-0.4, -0.2) is 56.8 Å². The first kappa shape index (κ1) is 23.5. The van der Waals surface area contributed by atoms with E-state index in [-0.39, 0.29) is 29.5 Å². The molecule has 0 amide bonds. The topological polar surface area (TPSA) is 83.6 Å². The first-order valence-electron chi connectivity index (χ1n) is 11.7. The fraction of sp³-hybridized carbons (Fsp3) is 0.640. The third-order valence-electron chi connectivity index (χ3n) is 8.61. The van der Waals surface area contributed by atoms with E-state index in [1.54, 1.807) is 0 Å². The Morgan fingerprint density at radius 1 is 1.28 bits per heavy atom. The Labute approximate surface area is 192 Å². The molecule has 0 bridgehead atoms. The Balaban J connectivity index is 1.98. The van der Waals surface area contributed by atoms with Gasteiger partial charge in [-0.3, -0.25) is 4.79 Å². The number of H-pyrrole nitrogens is 1. The third-order valence-corrected chi connectivity index (χ3v) is 13.1. The van der Waals surface area contributed by atoms with Gasteiger partial charge in [-0.15, -0.1) is 0 Å². The molecule has 0 saturated carbocycles. The number of aromatic nitrogens is 1. The number of nitrogens with one attached hydrogen (secondary N) is 2. The van der Waals surface area contributed by atoms with Crippen molar-refractivity contribution in [1.82, 2.24) is 10.3 Å². The minimum Gasteiger partial charge on any atom is -0.468 e. The summed E-state index contributed by atoms with van der Waals surface area (Å²) >= 11 is 0. The summed E-state index contributed by atoms with van der Waals surface area (Å²) in [6, 6.07) is 8.09. The van der Waals surface area contributed by atoms with E-state index in [1.165, 1.54) is 7.11 Å². The van der Waals surface area contributed by atoms with Gasteiger partial charge >= 0.3 is 5.97 Å². The zero-order valence-electron chi connectivity index (χ0n) is 20.5. The SMILES string of the molecule is COC(=O)[C@]1(CO[Si](C)(C)C(C)(C)C)c2[nH]c3ccccc3c2[C@@H](C)[C@]2(O)CNCC[C@@H]21. The standard InChI is InChI=1S/C25H38N2O4Si/c1-16-20-17-10-8-9-11-18(17)27-21(20)24(22(28)30-5,15-31-32(6,7)23(2,3)4)19-12-13-26-14-25(16,19)29/h8-11,16,19,26-27,29H,12-15H2,1-7H3/t16-,19-,24+,25-/m1/s1. The van der Waals surface area contributed by atoms with Crippen LogP contribution in [0, 0.1) is 5.92 Å². The summed E-state index contributed by atoms with van der Waals surface area (Å²) in [6.45, 7) is 14.5. The molecule has 1 saturated heterocycles. The largest absolute Gasteiger partial charge is 0.468 e. The van der Waals surface area contributed by atoms with Gasteiger partial charge in [0.2, 0.25) is 0 Å². The number of piperidine rings is 1. The van der Waals surface area contributed by atoms with Crippen molar-refractivity contribution in [3.05, 3.63) is 35.5 Å². The van der Waals surface area contributed by atoms with Crippen molar-refractivity contribution >= 4 is 25.2 Å². The fourth-order valence-corrected chi connectivity index (χ4v) is 6.62. The molecule has 0 spiro atoms. The molecule has 4 rings (SSSR count). The zero-order valence-corrected chi connectivity index (χ0v) is 21.5. The third kappa shape index (κ3) is 3.20. The van der Waals surface area contributed by atoms with Crippen molar-refractivity contribution in [1.29, 1.82) is 0 Å². The molecule has 2 aliphatic rings. The van der Waals surface area contributed by atoms with Crippen LogP contribution in [0.1, 0.15) is 51.3 Å². The molecule has 2 heterocycles. The molecule has 1 fully saturated rings. The van der Waals surface area contributed by atoms with E-state index < -0.39 is 19.3 Å². The summed E-state index contributed by atoms with van der Waals surface area (Å²) in [7, 11) is -0.730. The van der Waals surface area contributed by atoms with Gasteiger partial charge in [-0.1, -0.05) is 45.9 Å². The highest BCUT2D eigenvalue weighted by Gasteiger charge is 2.65. The summed E-state index contributed by atoms with van der Waals surface area (Å²) in [5, 5.41) is 16.5. The maximum absolute atomic E-state index is 13.8. The molecule has 3 N–H and O–H groups in total. The van der Waals surface area contributed by atoms with Crippen molar-refractivity contribution in [2.75, 3.05) is 26.8 Å². The molecule has 0 radical (unpaired) electrons. The minimum absolute atomic E-state index is 0.0000295. The average molecular weight is 459 g/mol. The zero-order chi connectivity index (χ0) is 23.5. The highest BCUT2D eigenvalue weighted by atomic mass is 28.4. The molecular formula is C25H38N2O4Si. The Hall–Kier alpha value is -1.67. The molecule has 176 valence electrons. The summed E-state index contributed by atoms with van der Waals surface area (Å²) < 4.78 is 12.2. The lowest BCUT2D eigenvalue weighted by molar-refractivity contribution is -0.167. The van der Waals surface area contributed by atoms with Crippen molar-refractivity contribution in [2.24, 2.45) is 5.92 Å². The number of hydrogen-bond donors (Lipinski definition) is 3. The van der Waals surface area contributed by atoms with E-state index in [0.29, 0.717) is 13.0 Å². The van der Waals surface area contributed by atoms with Gasteiger partial charge in [0.1, 0.15) is 5.41 Å². The van der Waals surface area contributed by atoms with Gasteiger partial charge in [-0.25, -0.2) is 0 Å². The normalized spacial score (nSPS) is 30.6. The number of hydrogen-bond acceptors (Lipinski definition) is 5. The summed E-state index contributed by atoms with van der Waals surface area (Å²) in [4.78, 5) is 17.3. The fourth-order valence-electron chi connectivity index (χ4n) is 5.59. The van der Waals surface area contributed by atoms with Crippen LogP contribution in [0.25, 0.3) is 10.9 Å². The summed E-state index contributed by atoms with van der Waals surface area (Å²) in [5.41, 5.74) is 0.657. The van der Waals surface area contributed by atoms with E-state index in [4.69, 9.17) is 9.16 Å². The van der Waals surface area contributed by atoms with Gasteiger partial charge < -0.3 is 24.6 Å². The highest BCUT2D eigenvalue weighted by molar-refractivity contribution is 6.74. The van der Waals surface area contributed by atoms with Gasteiger partial charge in [0.05, 0.1) is 19.3 Å². The first-order valence-corrected chi connectivity index (χ1v) is 14.6. The number of carbonyl (C=O) groups excluding carboxylic acids is 1. The van der Waals surface area contributed by atoms with E-state index in [1.807, 2.05) is 18.2 Å². The number of aliphatic hydroxyl groups is 1. The van der Waals surface area contributed by atoms with Crippen LogP contribution in [0.2, 0.25) is 18.1 Å². The van der Waals surface area contributed by atoms with Crippen LogP contribution >= 0.6 is 0 Å². The molecule has 1 aliphatic heterocycles. The molecule has 1 aliphatic carbocycles. The van der Waals surface area contributed by atoms with Crippen LogP contribution < -0.4 is 5.32 Å². The minimum atomic E-state index is -2.17. The van der Waals surface area contributed by atoms with Crippen LogP contribution in [0.15, 0.2) is 24.3 Å². The molecule has 32 heavy (non-hydrogen) atoms. The van der Waals surface area contributed by atoms with Crippen LogP contribution in [0.5, 0.6) is 0 Å². The lowest BCUT2D eigenvalue weighted by Crippen LogP contribution is -2.68. The molecule has 0 unspecified atom stereocenters.